The fourth-order valence-corrected chi connectivity index (χ4v) is 3.08. The molecule has 0 radical (unpaired) electrons. The van der Waals surface area contributed by atoms with E-state index in [2.05, 4.69) is 46.1 Å². The molecule has 19 heavy (non-hydrogen) atoms. The molecule has 2 aromatic rings. The maximum Gasteiger partial charge on any atom is 0.0604 e. The van der Waals surface area contributed by atoms with Gasteiger partial charge in [0.05, 0.1) is 18.9 Å². The van der Waals surface area contributed by atoms with Gasteiger partial charge in [-0.05, 0) is 37.6 Å². The van der Waals surface area contributed by atoms with E-state index in [0.29, 0.717) is 0 Å². The summed E-state index contributed by atoms with van der Waals surface area (Å²) in [7, 11) is 0. The molecule has 4 nitrogen and oxygen atoms in total. The molecule has 0 aliphatic carbocycles. The van der Waals surface area contributed by atoms with E-state index in [-0.39, 0.29) is 0 Å². The maximum atomic E-state index is 5.35. The van der Waals surface area contributed by atoms with Gasteiger partial charge in [-0.25, -0.2) is 4.31 Å². The number of H-pyrrole nitrogens is 1. The van der Waals surface area contributed by atoms with Crippen molar-refractivity contribution in [2.45, 2.75) is 13.8 Å². The summed E-state index contributed by atoms with van der Waals surface area (Å²) in [6, 6.07) is 6.59. The summed E-state index contributed by atoms with van der Waals surface area (Å²) in [5.74, 6) is 0. The van der Waals surface area contributed by atoms with E-state index in [1.54, 1.807) is 12.1 Å². The second-order valence-corrected chi connectivity index (χ2v) is 5.84. The van der Waals surface area contributed by atoms with E-state index in [4.69, 9.17) is 4.74 Å². The molecular formula is C14H19N3OS. The van der Waals surface area contributed by atoms with E-state index >= 15 is 0 Å². The number of anilines is 1. The number of ether oxygens (including phenoxy) is 1. The Labute approximate surface area is 117 Å². The zero-order chi connectivity index (χ0) is 13.2. The number of hydrogen-bond donors (Lipinski definition) is 2. The summed E-state index contributed by atoms with van der Waals surface area (Å²) in [6.45, 7) is 7.82. The van der Waals surface area contributed by atoms with E-state index in [1.807, 2.05) is 0 Å². The molecule has 1 aliphatic rings. The first-order valence-corrected chi connectivity index (χ1v) is 7.35. The van der Waals surface area contributed by atoms with Gasteiger partial charge >= 0.3 is 0 Å². The number of morpholine rings is 1. The Morgan fingerprint density at radius 1 is 1.21 bits per heavy atom. The van der Waals surface area contributed by atoms with Gasteiger partial charge in [0.1, 0.15) is 0 Å². The second-order valence-electron chi connectivity index (χ2n) is 4.94. The molecule has 0 amide bonds. The van der Waals surface area contributed by atoms with Crippen LogP contribution in [0, 0.1) is 13.8 Å². The van der Waals surface area contributed by atoms with Gasteiger partial charge in [0, 0.05) is 41.8 Å². The van der Waals surface area contributed by atoms with Crippen molar-refractivity contribution in [1.29, 1.82) is 0 Å². The van der Waals surface area contributed by atoms with Crippen LogP contribution in [-0.4, -0.2) is 35.6 Å². The van der Waals surface area contributed by atoms with E-state index in [1.165, 1.54) is 27.8 Å². The molecule has 3 rings (SSSR count). The lowest BCUT2D eigenvalue weighted by Gasteiger charge is -2.25. The molecule has 2 heterocycles. The normalized spacial score (nSPS) is 16.9. The van der Waals surface area contributed by atoms with E-state index < -0.39 is 0 Å². The molecule has 0 bridgehead atoms. The monoisotopic (exact) mass is 277 g/mol. The number of rotatable bonds is 3. The van der Waals surface area contributed by atoms with Crippen molar-refractivity contribution in [2.75, 3.05) is 31.0 Å². The lowest BCUT2D eigenvalue weighted by molar-refractivity contribution is 0.0775. The highest BCUT2D eigenvalue weighted by Crippen LogP contribution is 2.26. The van der Waals surface area contributed by atoms with Gasteiger partial charge in [-0.15, -0.1) is 0 Å². The van der Waals surface area contributed by atoms with Crippen molar-refractivity contribution in [3.8, 4) is 0 Å². The smallest absolute Gasteiger partial charge is 0.0604 e. The molecule has 5 heteroatoms. The Kier molecular flexibility index (Phi) is 3.68. The maximum absolute atomic E-state index is 5.35. The third-order valence-electron chi connectivity index (χ3n) is 3.36. The molecule has 0 saturated carbocycles. The standard InChI is InChI=1S/C14H19N3OS/c1-10-7-12-8-11(2)15-14(12)9-13(10)16-19-17-3-5-18-6-4-17/h7-9,15-16H,3-6H2,1-2H3. The molecule has 102 valence electrons. The summed E-state index contributed by atoms with van der Waals surface area (Å²) in [4.78, 5) is 3.38. The molecule has 1 aromatic carbocycles. The van der Waals surface area contributed by atoms with Crippen molar-refractivity contribution in [3.63, 3.8) is 0 Å². The predicted octanol–water partition coefficient (Wildman–Crippen LogP) is 3.09. The first-order valence-electron chi connectivity index (χ1n) is 6.58. The van der Waals surface area contributed by atoms with Gasteiger partial charge in [0.15, 0.2) is 0 Å². The molecule has 0 spiro atoms. The van der Waals surface area contributed by atoms with Gasteiger partial charge in [0.25, 0.3) is 0 Å². The fourth-order valence-electron chi connectivity index (χ4n) is 2.30. The highest BCUT2D eigenvalue weighted by molar-refractivity contribution is 7.98. The van der Waals surface area contributed by atoms with Gasteiger partial charge in [-0.2, -0.15) is 0 Å². The number of aromatic amines is 1. The summed E-state index contributed by atoms with van der Waals surface area (Å²) >= 11 is 1.67. The third-order valence-corrected chi connectivity index (χ3v) is 4.29. The van der Waals surface area contributed by atoms with Crippen LogP contribution in [0.2, 0.25) is 0 Å². The van der Waals surface area contributed by atoms with Gasteiger partial charge in [-0.3, -0.25) is 0 Å². The van der Waals surface area contributed by atoms with Crippen molar-refractivity contribution in [2.24, 2.45) is 0 Å². The predicted molar refractivity (Wildman–Crippen MR) is 81.4 cm³/mol. The molecule has 1 saturated heterocycles. The quantitative estimate of drug-likeness (QED) is 0.846. The zero-order valence-electron chi connectivity index (χ0n) is 11.3. The summed E-state index contributed by atoms with van der Waals surface area (Å²) in [5.41, 5.74) is 4.83. The minimum Gasteiger partial charge on any atom is -0.379 e. The van der Waals surface area contributed by atoms with E-state index in [0.717, 1.165) is 26.3 Å². The van der Waals surface area contributed by atoms with Crippen LogP contribution < -0.4 is 4.72 Å². The first-order chi connectivity index (χ1) is 9.22. The van der Waals surface area contributed by atoms with Crippen molar-refractivity contribution in [1.82, 2.24) is 9.29 Å². The minimum atomic E-state index is 0.822. The van der Waals surface area contributed by atoms with Crippen LogP contribution in [-0.2, 0) is 4.74 Å². The number of fused-ring (bicyclic) bond motifs is 1. The average Bonchev–Trinajstić information content (AvgIpc) is 2.76. The fraction of sp³-hybridized carbons (Fsp3) is 0.429. The number of aromatic nitrogens is 1. The lowest BCUT2D eigenvalue weighted by atomic mass is 10.1. The molecule has 1 aliphatic heterocycles. The van der Waals surface area contributed by atoms with Crippen LogP contribution in [0.4, 0.5) is 5.69 Å². The summed E-state index contributed by atoms with van der Waals surface area (Å²) in [6.07, 6.45) is 0. The minimum absolute atomic E-state index is 0.822. The number of hydrogen-bond acceptors (Lipinski definition) is 4. The Balaban J connectivity index is 1.74. The molecule has 1 fully saturated rings. The highest BCUT2D eigenvalue weighted by Gasteiger charge is 2.11. The van der Waals surface area contributed by atoms with Crippen LogP contribution in [0.15, 0.2) is 18.2 Å². The van der Waals surface area contributed by atoms with Crippen LogP contribution in [0.1, 0.15) is 11.3 Å². The van der Waals surface area contributed by atoms with Crippen LogP contribution in [0.3, 0.4) is 0 Å². The Bertz CT molecular complexity index is 575. The lowest BCUT2D eigenvalue weighted by Crippen LogP contribution is -2.32. The first kappa shape index (κ1) is 12.8. The molecule has 0 atom stereocenters. The zero-order valence-corrected chi connectivity index (χ0v) is 12.1. The van der Waals surface area contributed by atoms with Crippen molar-refractivity contribution >= 4 is 28.7 Å². The Hall–Kier alpha value is -1.17. The number of nitrogens with one attached hydrogen (secondary N) is 2. The third kappa shape index (κ3) is 2.88. The molecule has 1 aromatic heterocycles. The molecule has 2 N–H and O–H groups in total. The van der Waals surface area contributed by atoms with Crippen molar-refractivity contribution < 1.29 is 4.74 Å². The largest absolute Gasteiger partial charge is 0.379 e. The summed E-state index contributed by atoms with van der Waals surface area (Å²) < 4.78 is 11.1. The number of nitrogens with zero attached hydrogens (tertiary/aromatic N) is 1. The van der Waals surface area contributed by atoms with E-state index in [9.17, 15) is 0 Å². The summed E-state index contributed by atoms with van der Waals surface area (Å²) in [5, 5.41) is 1.27. The Morgan fingerprint density at radius 3 is 2.79 bits per heavy atom. The number of benzene rings is 1. The topological polar surface area (TPSA) is 40.3 Å². The average molecular weight is 277 g/mol. The molecular weight excluding hydrogens is 258 g/mol. The van der Waals surface area contributed by atoms with Gasteiger partial charge < -0.3 is 14.4 Å². The van der Waals surface area contributed by atoms with Crippen LogP contribution in [0.5, 0.6) is 0 Å². The van der Waals surface area contributed by atoms with Crippen molar-refractivity contribution in [3.05, 3.63) is 29.5 Å². The van der Waals surface area contributed by atoms with Crippen LogP contribution in [0.25, 0.3) is 10.9 Å². The highest BCUT2D eigenvalue weighted by atomic mass is 32.2. The van der Waals surface area contributed by atoms with Crippen LogP contribution >= 0.6 is 12.1 Å². The SMILES string of the molecule is Cc1cc2cc(C)c(NSN3CCOCC3)cc2[nH]1. The number of aryl methyl sites for hydroxylation is 2. The Morgan fingerprint density at radius 2 is 2.00 bits per heavy atom. The second kappa shape index (κ2) is 5.45. The molecule has 0 unspecified atom stereocenters. The van der Waals surface area contributed by atoms with Gasteiger partial charge in [-0.1, -0.05) is 0 Å². The van der Waals surface area contributed by atoms with Gasteiger partial charge in [0.2, 0.25) is 0 Å².